The average Bonchev–Trinajstić information content (AvgIpc) is 2.56. The number of aromatic nitrogens is 2. The molecule has 0 fully saturated rings. The van der Waals surface area contributed by atoms with E-state index in [4.69, 9.17) is 5.11 Å². The summed E-state index contributed by atoms with van der Waals surface area (Å²) in [5.74, 6) is -1.25. The molecule has 1 aromatic rings. The maximum Gasteiger partial charge on any atom is 0.326 e. The van der Waals surface area contributed by atoms with Gasteiger partial charge >= 0.3 is 12.0 Å². The van der Waals surface area contributed by atoms with Crippen LogP contribution >= 0.6 is 0 Å². The van der Waals surface area contributed by atoms with E-state index >= 15 is 0 Å². The van der Waals surface area contributed by atoms with Crippen LogP contribution in [0.2, 0.25) is 0 Å². The Morgan fingerprint density at radius 2 is 1.94 bits per heavy atom. The summed E-state index contributed by atoms with van der Waals surface area (Å²) >= 11 is 0. The highest BCUT2D eigenvalue weighted by atomic mass is 16.4. The predicted octanol–water partition coefficient (Wildman–Crippen LogP) is 1.26. The van der Waals surface area contributed by atoms with Crippen LogP contribution in [0.1, 0.15) is 25.2 Å². The lowest BCUT2D eigenvalue weighted by Gasteiger charge is -2.18. The summed E-state index contributed by atoms with van der Waals surface area (Å²) in [6, 6.07) is -1.47. The van der Waals surface area contributed by atoms with E-state index < -0.39 is 18.0 Å². The number of hydrogen-bond donors (Lipinski definition) is 4. The van der Waals surface area contributed by atoms with Crippen molar-refractivity contribution < 1.29 is 14.7 Å². The summed E-state index contributed by atoms with van der Waals surface area (Å²) in [5.41, 5.74) is 1.94. The first-order chi connectivity index (χ1) is 8.32. The summed E-state index contributed by atoms with van der Waals surface area (Å²) in [6.07, 6.45) is 0. The quantitative estimate of drug-likeness (QED) is 0.648. The number of carbonyl (C=O) groups excluding carboxylic acids is 1. The van der Waals surface area contributed by atoms with Crippen LogP contribution in [0, 0.1) is 19.8 Å². The lowest BCUT2D eigenvalue weighted by molar-refractivity contribution is -0.140. The molecule has 0 saturated carbocycles. The number of rotatable bonds is 4. The van der Waals surface area contributed by atoms with E-state index in [2.05, 4.69) is 20.8 Å². The third kappa shape index (κ3) is 3.22. The number of anilines is 1. The van der Waals surface area contributed by atoms with E-state index in [0.29, 0.717) is 11.4 Å². The van der Waals surface area contributed by atoms with Crippen molar-refractivity contribution in [1.29, 1.82) is 0 Å². The second-order valence-electron chi connectivity index (χ2n) is 4.47. The minimum absolute atomic E-state index is 0.195. The standard InChI is InChI=1S/C11H18N4O3/c1-5(2)8(10(16)17)12-11(18)13-9-6(3)14-15-7(9)4/h5,8H,1-4H3,(H,14,15)(H,16,17)(H2,12,13,18)/t8-/m0/s1. The number of aliphatic carboxylic acids is 1. The number of H-pyrrole nitrogens is 1. The van der Waals surface area contributed by atoms with Gasteiger partial charge in [0.1, 0.15) is 6.04 Å². The second kappa shape index (κ2) is 5.52. The van der Waals surface area contributed by atoms with Crippen molar-refractivity contribution >= 4 is 17.7 Å². The molecule has 0 aliphatic heterocycles. The van der Waals surface area contributed by atoms with Crippen LogP contribution in [0.3, 0.4) is 0 Å². The molecule has 0 aliphatic carbocycles. The molecule has 7 nitrogen and oxygen atoms in total. The van der Waals surface area contributed by atoms with Gasteiger partial charge in [-0.1, -0.05) is 13.8 Å². The number of aromatic amines is 1. The number of amides is 2. The molecule has 1 heterocycles. The fraction of sp³-hybridized carbons (Fsp3) is 0.545. The van der Waals surface area contributed by atoms with Crippen LogP contribution in [-0.4, -0.2) is 33.3 Å². The Balaban J connectivity index is 2.69. The molecule has 18 heavy (non-hydrogen) atoms. The third-order valence-electron chi connectivity index (χ3n) is 2.59. The maximum atomic E-state index is 11.7. The number of urea groups is 1. The summed E-state index contributed by atoms with van der Waals surface area (Å²) in [5, 5.41) is 20.6. The van der Waals surface area contributed by atoms with Crippen LogP contribution in [0.15, 0.2) is 0 Å². The molecule has 2 amide bonds. The minimum Gasteiger partial charge on any atom is -0.480 e. The number of carboxylic acids is 1. The highest BCUT2D eigenvalue weighted by Crippen LogP contribution is 2.15. The number of aryl methyl sites for hydroxylation is 2. The van der Waals surface area contributed by atoms with Crippen LogP contribution in [0.25, 0.3) is 0 Å². The van der Waals surface area contributed by atoms with Gasteiger partial charge < -0.3 is 15.7 Å². The minimum atomic E-state index is -1.05. The lowest BCUT2D eigenvalue weighted by atomic mass is 10.1. The molecule has 4 N–H and O–H groups in total. The Morgan fingerprint density at radius 3 is 2.33 bits per heavy atom. The fourth-order valence-corrected chi connectivity index (χ4v) is 1.54. The topological polar surface area (TPSA) is 107 Å². The van der Waals surface area contributed by atoms with Gasteiger partial charge in [-0.25, -0.2) is 9.59 Å². The smallest absolute Gasteiger partial charge is 0.326 e. The number of carboxylic acid groups (broad SMARTS) is 1. The first kappa shape index (κ1) is 14.0. The monoisotopic (exact) mass is 254 g/mol. The summed E-state index contributed by atoms with van der Waals surface area (Å²) in [4.78, 5) is 22.7. The van der Waals surface area contributed by atoms with E-state index in [-0.39, 0.29) is 5.92 Å². The molecule has 0 saturated heterocycles. The van der Waals surface area contributed by atoms with Crippen LogP contribution in [0.5, 0.6) is 0 Å². The zero-order valence-corrected chi connectivity index (χ0v) is 10.9. The van der Waals surface area contributed by atoms with Gasteiger partial charge in [0.15, 0.2) is 0 Å². The first-order valence-corrected chi connectivity index (χ1v) is 5.64. The van der Waals surface area contributed by atoms with Crippen molar-refractivity contribution in [2.75, 3.05) is 5.32 Å². The Morgan fingerprint density at radius 1 is 1.33 bits per heavy atom. The van der Waals surface area contributed by atoms with E-state index in [0.717, 1.165) is 5.69 Å². The number of hydrogen-bond acceptors (Lipinski definition) is 3. The van der Waals surface area contributed by atoms with Crippen molar-refractivity contribution in [3.05, 3.63) is 11.4 Å². The van der Waals surface area contributed by atoms with Crippen molar-refractivity contribution in [2.24, 2.45) is 5.92 Å². The van der Waals surface area contributed by atoms with Gasteiger partial charge in [-0.15, -0.1) is 0 Å². The normalized spacial score (nSPS) is 12.3. The van der Waals surface area contributed by atoms with Crippen LogP contribution in [-0.2, 0) is 4.79 Å². The highest BCUT2D eigenvalue weighted by Gasteiger charge is 2.23. The molecule has 100 valence electrons. The lowest BCUT2D eigenvalue weighted by Crippen LogP contribution is -2.46. The molecule has 0 radical (unpaired) electrons. The molecule has 0 bridgehead atoms. The molecule has 1 atom stereocenters. The summed E-state index contributed by atoms with van der Waals surface area (Å²) in [6.45, 7) is 6.98. The van der Waals surface area contributed by atoms with Gasteiger partial charge in [-0.3, -0.25) is 5.10 Å². The van der Waals surface area contributed by atoms with E-state index in [1.165, 1.54) is 0 Å². The van der Waals surface area contributed by atoms with E-state index in [1.807, 2.05) is 0 Å². The molecule has 0 spiro atoms. The highest BCUT2D eigenvalue weighted by molar-refractivity contribution is 5.93. The molecule has 0 aromatic carbocycles. The van der Waals surface area contributed by atoms with E-state index in [1.54, 1.807) is 27.7 Å². The number of carbonyl (C=O) groups is 2. The van der Waals surface area contributed by atoms with Gasteiger partial charge in [0.25, 0.3) is 0 Å². The zero-order valence-electron chi connectivity index (χ0n) is 10.9. The molecule has 0 unspecified atom stereocenters. The van der Waals surface area contributed by atoms with Gasteiger partial charge in [0.05, 0.1) is 17.1 Å². The van der Waals surface area contributed by atoms with Crippen LogP contribution in [0.4, 0.5) is 10.5 Å². The van der Waals surface area contributed by atoms with E-state index in [9.17, 15) is 9.59 Å². The zero-order chi connectivity index (χ0) is 13.9. The Labute approximate surface area is 105 Å². The first-order valence-electron chi connectivity index (χ1n) is 5.64. The van der Waals surface area contributed by atoms with Crippen molar-refractivity contribution in [1.82, 2.24) is 15.5 Å². The molecule has 0 aliphatic rings. The fourth-order valence-electron chi connectivity index (χ4n) is 1.54. The number of nitrogens with one attached hydrogen (secondary N) is 3. The second-order valence-corrected chi connectivity index (χ2v) is 4.47. The molecule has 1 rings (SSSR count). The Bertz CT molecular complexity index is 434. The predicted molar refractivity (Wildman–Crippen MR) is 66.5 cm³/mol. The SMILES string of the molecule is Cc1n[nH]c(C)c1NC(=O)N[C@H](C(=O)O)C(C)C. The molecular weight excluding hydrogens is 236 g/mol. The largest absolute Gasteiger partial charge is 0.480 e. The summed E-state index contributed by atoms with van der Waals surface area (Å²) in [7, 11) is 0. The van der Waals surface area contributed by atoms with Gasteiger partial charge in [0.2, 0.25) is 0 Å². The van der Waals surface area contributed by atoms with Crippen molar-refractivity contribution in [3.63, 3.8) is 0 Å². The maximum absolute atomic E-state index is 11.7. The number of nitrogens with zero attached hydrogens (tertiary/aromatic N) is 1. The molecule has 1 aromatic heterocycles. The van der Waals surface area contributed by atoms with Crippen molar-refractivity contribution in [3.8, 4) is 0 Å². The van der Waals surface area contributed by atoms with Gasteiger partial charge in [-0.05, 0) is 19.8 Å². The average molecular weight is 254 g/mol. The Kier molecular flexibility index (Phi) is 4.30. The Hall–Kier alpha value is -2.05. The van der Waals surface area contributed by atoms with Gasteiger partial charge in [-0.2, -0.15) is 5.10 Å². The van der Waals surface area contributed by atoms with Crippen molar-refractivity contribution in [2.45, 2.75) is 33.7 Å². The van der Waals surface area contributed by atoms with Gasteiger partial charge in [0, 0.05) is 0 Å². The molecular formula is C11H18N4O3. The summed E-state index contributed by atoms with van der Waals surface area (Å²) < 4.78 is 0. The third-order valence-corrected chi connectivity index (χ3v) is 2.59. The molecule has 7 heteroatoms. The van der Waals surface area contributed by atoms with Crippen LogP contribution < -0.4 is 10.6 Å².